The summed E-state index contributed by atoms with van der Waals surface area (Å²) in [5.74, 6) is 0.554. The second kappa shape index (κ2) is 4.09. The number of hydrogen-bond acceptors (Lipinski definition) is 1. The molecule has 0 saturated heterocycles. The predicted octanol–water partition coefficient (Wildman–Crippen LogP) is 3.55. The Bertz CT molecular complexity index is 476. The Labute approximate surface area is 96.2 Å². The highest BCUT2D eigenvalue weighted by Gasteiger charge is 2.20. The highest BCUT2D eigenvalue weighted by atomic mass is 14.6. The first kappa shape index (κ1) is 9.59. The average molecular weight is 209 g/mol. The van der Waals surface area contributed by atoms with Crippen LogP contribution in [-0.4, -0.2) is 4.98 Å². The number of aryl methyl sites for hydroxylation is 1. The van der Waals surface area contributed by atoms with E-state index in [2.05, 4.69) is 35.3 Å². The van der Waals surface area contributed by atoms with Crippen molar-refractivity contribution in [2.45, 2.75) is 25.2 Å². The molecule has 16 heavy (non-hydrogen) atoms. The van der Waals surface area contributed by atoms with Gasteiger partial charge in [-0.25, -0.2) is 0 Å². The molecule has 0 spiro atoms. The van der Waals surface area contributed by atoms with Crippen molar-refractivity contribution in [3.05, 3.63) is 65.5 Å². The molecule has 1 aromatic heterocycles. The molecular weight excluding hydrogens is 194 g/mol. The predicted molar refractivity (Wildman–Crippen MR) is 65.5 cm³/mol. The Balaban J connectivity index is 2.05. The fourth-order valence-electron chi connectivity index (χ4n) is 2.68. The molecule has 1 heteroatoms. The van der Waals surface area contributed by atoms with Gasteiger partial charge in [-0.2, -0.15) is 0 Å². The van der Waals surface area contributed by atoms with E-state index in [0.717, 1.165) is 0 Å². The maximum absolute atomic E-state index is 4.23. The van der Waals surface area contributed by atoms with E-state index in [1.54, 1.807) is 0 Å². The van der Waals surface area contributed by atoms with E-state index in [-0.39, 0.29) is 0 Å². The SMILES string of the molecule is c1cncc([C@@H]2CCCc3ccccc32)c1. The zero-order valence-electron chi connectivity index (χ0n) is 9.26. The Kier molecular flexibility index (Phi) is 2.45. The molecule has 0 aliphatic heterocycles. The summed E-state index contributed by atoms with van der Waals surface area (Å²) in [6.45, 7) is 0. The first-order valence-corrected chi connectivity index (χ1v) is 5.93. The summed E-state index contributed by atoms with van der Waals surface area (Å²) in [4.78, 5) is 4.23. The van der Waals surface area contributed by atoms with Crippen LogP contribution in [0.15, 0.2) is 48.8 Å². The number of nitrogens with zero attached hydrogens (tertiary/aromatic N) is 1. The second-order valence-corrected chi connectivity index (χ2v) is 4.43. The van der Waals surface area contributed by atoms with Crippen molar-refractivity contribution in [2.75, 3.05) is 0 Å². The van der Waals surface area contributed by atoms with Gasteiger partial charge in [0.25, 0.3) is 0 Å². The van der Waals surface area contributed by atoms with Crippen molar-refractivity contribution in [1.29, 1.82) is 0 Å². The third kappa shape index (κ3) is 1.63. The number of fused-ring (bicyclic) bond motifs is 1. The fraction of sp³-hybridized carbons (Fsp3) is 0.267. The van der Waals surface area contributed by atoms with E-state index in [1.807, 2.05) is 18.5 Å². The molecule has 1 nitrogen and oxygen atoms in total. The van der Waals surface area contributed by atoms with Crippen LogP contribution in [-0.2, 0) is 6.42 Å². The molecule has 3 rings (SSSR count). The van der Waals surface area contributed by atoms with Crippen molar-refractivity contribution in [3.63, 3.8) is 0 Å². The Hall–Kier alpha value is -1.63. The van der Waals surface area contributed by atoms with Gasteiger partial charge in [0, 0.05) is 18.3 Å². The van der Waals surface area contributed by atoms with Gasteiger partial charge >= 0.3 is 0 Å². The maximum atomic E-state index is 4.23. The molecule has 80 valence electrons. The molecule has 1 atom stereocenters. The molecule has 0 radical (unpaired) electrons. The van der Waals surface area contributed by atoms with Crippen LogP contribution in [0.4, 0.5) is 0 Å². The van der Waals surface area contributed by atoms with Gasteiger partial charge in [-0.05, 0) is 42.0 Å². The lowest BCUT2D eigenvalue weighted by Crippen LogP contribution is -2.10. The molecule has 1 aliphatic carbocycles. The molecule has 2 aromatic rings. The van der Waals surface area contributed by atoms with E-state index < -0.39 is 0 Å². The van der Waals surface area contributed by atoms with Crippen LogP contribution in [0.25, 0.3) is 0 Å². The molecular formula is C15H15N. The minimum absolute atomic E-state index is 0.554. The summed E-state index contributed by atoms with van der Waals surface area (Å²) in [6.07, 6.45) is 7.62. The number of benzene rings is 1. The smallest absolute Gasteiger partial charge is 0.0306 e. The van der Waals surface area contributed by atoms with Gasteiger partial charge in [-0.3, -0.25) is 4.98 Å². The number of aromatic nitrogens is 1. The van der Waals surface area contributed by atoms with E-state index in [1.165, 1.54) is 36.0 Å². The molecule has 0 unspecified atom stereocenters. The molecule has 1 heterocycles. The molecule has 0 bridgehead atoms. The molecule has 0 N–H and O–H groups in total. The molecule has 1 aromatic carbocycles. The van der Waals surface area contributed by atoms with Gasteiger partial charge < -0.3 is 0 Å². The zero-order chi connectivity index (χ0) is 10.8. The van der Waals surface area contributed by atoms with Gasteiger partial charge in [0.1, 0.15) is 0 Å². The van der Waals surface area contributed by atoms with E-state index >= 15 is 0 Å². The third-order valence-electron chi connectivity index (χ3n) is 3.46. The minimum Gasteiger partial charge on any atom is -0.264 e. The lowest BCUT2D eigenvalue weighted by atomic mass is 9.79. The topological polar surface area (TPSA) is 12.9 Å². The van der Waals surface area contributed by atoms with Crippen molar-refractivity contribution in [3.8, 4) is 0 Å². The van der Waals surface area contributed by atoms with Crippen LogP contribution in [0, 0.1) is 0 Å². The van der Waals surface area contributed by atoms with Gasteiger partial charge in [0.05, 0.1) is 0 Å². The lowest BCUT2D eigenvalue weighted by molar-refractivity contribution is 0.614. The summed E-state index contributed by atoms with van der Waals surface area (Å²) in [5.41, 5.74) is 4.37. The normalized spacial score (nSPS) is 19.1. The summed E-state index contributed by atoms with van der Waals surface area (Å²) < 4.78 is 0. The summed E-state index contributed by atoms with van der Waals surface area (Å²) in [5, 5.41) is 0. The highest BCUT2D eigenvalue weighted by molar-refractivity contribution is 5.38. The quantitative estimate of drug-likeness (QED) is 0.700. The van der Waals surface area contributed by atoms with Crippen LogP contribution < -0.4 is 0 Å². The second-order valence-electron chi connectivity index (χ2n) is 4.43. The summed E-state index contributed by atoms with van der Waals surface area (Å²) >= 11 is 0. The molecule has 1 aliphatic rings. The molecule has 0 amide bonds. The number of pyridine rings is 1. The van der Waals surface area contributed by atoms with Gasteiger partial charge in [-0.15, -0.1) is 0 Å². The van der Waals surface area contributed by atoms with Gasteiger partial charge in [0.2, 0.25) is 0 Å². The van der Waals surface area contributed by atoms with E-state index in [0.29, 0.717) is 5.92 Å². The third-order valence-corrected chi connectivity index (χ3v) is 3.46. The maximum Gasteiger partial charge on any atom is 0.0306 e. The fourth-order valence-corrected chi connectivity index (χ4v) is 2.68. The monoisotopic (exact) mass is 209 g/mol. The zero-order valence-corrected chi connectivity index (χ0v) is 9.26. The first-order valence-electron chi connectivity index (χ1n) is 5.93. The average Bonchev–Trinajstić information content (AvgIpc) is 2.39. The van der Waals surface area contributed by atoms with E-state index in [4.69, 9.17) is 0 Å². The Morgan fingerprint density at radius 1 is 1.06 bits per heavy atom. The van der Waals surface area contributed by atoms with Crippen LogP contribution >= 0.6 is 0 Å². The number of hydrogen-bond donors (Lipinski definition) is 0. The van der Waals surface area contributed by atoms with Crippen LogP contribution in [0.5, 0.6) is 0 Å². The highest BCUT2D eigenvalue weighted by Crippen LogP contribution is 2.35. The molecule has 0 saturated carbocycles. The van der Waals surface area contributed by atoms with Crippen LogP contribution in [0.3, 0.4) is 0 Å². The summed E-state index contributed by atoms with van der Waals surface area (Å²) in [6, 6.07) is 13.0. The molecule has 0 fully saturated rings. The Morgan fingerprint density at radius 3 is 2.88 bits per heavy atom. The van der Waals surface area contributed by atoms with Gasteiger partial charge in [0.15, 0.2) is 0 Å². The van der Waals surface area contributed by atoms with Gasteiger partial charge in [-0.1, -0.05) is 30.3 Å². The van der Waals surface area contributed by atoms with Crippen molar-refractivity contribution >= 4 is 0 Å². The first-order chi connectivity index (χ1) is 7.95. The van der Waals surface area contributed by atoms with Crippen molar-refractivity contribution in [2.24, 2.45) is 0 Å². The largest absolute Gasteiger partial charge is 0.264 e. The summed E-state index contributed by atoms with van der Waals surface area (Å²) in [7, 11) is 0. The van der Waals surface area contributed by atoms with Crippen molar-refractivity contribution < 1.29 is 0 Å². The van der Waals surface area contributed by atoms with Crippen LogP contribution in [0.2, 0.25) is 0 Å². The standard InChI is InChI=1S/C15H15N/c1-2-8-14-12(5-1)6-3-9-15(14)13-7-4-10-16-11-13/h1-2,4-5,7-8,10-11,15H,3,6,9H2/t15-/m0/s1. The number of rotatable bonds is 1. The van der Waals surface area contributed by atoms with E-state index in [9.17, 15) is 0 Å². The van der Waals surface area contributed by atoms with Crippen LogP contribution in [0.1, 0.15) is 35.4 Å². The Morgan fingerprint density at radius 2 is 2.00 bits per heavy atom. The lowest BCUT2D eigenvalue weighted by Gasteiger charge is -2.25. The van der Waals surface area contributed by atoms with Crippen molar-refractivity contribution in [1.82, 2.24) is 4.98 Å². The minimum atomic E-state index is 0.554.